The van der Waals surface area contributed by atoms with Crippen LogP contribution >= 0.6 is 0 Å². The molecule has 1 saturated heterocycles. The van der Waals surface area contributed by atoms with Gasteiger partial charge in [0.2, 0.25) is 5.91 Å². The van der Waals surface area contributed by atoms with Crippen LogP contribution in [0, 0.1) is 12.8 Å². The van der Waals surface area contributed by atoms with Crippen LogP contribution in [0.3, 0.4) is 0 Å². The number of piperazine rings is 1. The van der Waals surface area contributed by atoms with Gasteiger partial charge in [-0.25, -0.2) is 0 Å². The Labute approximate surface area is 185 Å². The third-order valence-corrected chi connectivity index (χ3v) is 5.91. The molecule has 0 saturated carbocycles. The lowest BCUT2D eigenvalue weighted by Crippen LogP contribution is -2.49. The number of rotatable bonds is 7. The normalized spacial score (nSPS) is 15.6. The summed E-state index contributed by atoms with van der Waals surface area (Å²) in [6, 6.07) is 15.0. The van der Waals surface area contributed by atoms with Gasteiger partial charge in [0.25, 0.3) is 5.91 Å². The van der Waals surface area contributed by atoms with Gasteiger partial charge in [-0.15, -0.1) is 0 Å². The van der Waals surface area contributed by atoms with Crippen molar-refractivity contribution in [3.05, 3.63) is 65.2 Å². The van der Waals surface area contributed by atoms with Crippen LogP contribution in [0.4, 0.5) is 5.69 Å². The number of anilines is 1. The molecule has 166 valence electrons. The molecule has 1 atom stereocenters. The van der Waals surface area contributed by atoms with Crippen molar-refractivity contribution >= 4 is 17.5 Å². The Kier molecular flexibility index (Phi) is 7.69. The molecule has 1 unspecified atom stereocenters. The zero-order chi connectivity index (χ0) is 22.4. The number of hydrogen-bond acceptors (Lipinski definition) is 4. The fourth-order valence-corrected chi connectivity index (χ4v) is 3.89. The maximum Gasteiger partial charge on any atom is 0.252 e. The smallest absolute Gasteiger partial charge is 0.252 e. The van der Waals surface area contributed by atoms with Crippen LogP contribution < -0.4 is 15.5 Å². The second kappa shape index (κ2) is 10.4. The van der Waals surface area contributed by atoms with E-state index in [-0.39, 0.29) is 17.7 Å². The van der Waals surface area contributed by atoms with Gasteiger partial charge in [0.1, 0.15) is 6.04 Å². The molecule has 1 fully saturated rings. The number of carbonyl (C=O) groups excluding carboxylic acids is 2. The standard InChI is InChI=1S/C25H34N4O2/c1-18(2)23(27-24(30)21-11-7-5-9-19(21)3)25(31)26-17-20-10-6-8-12-22(20)29-15-13-28(4)14-16-29/h5-12,18,23H,13-17H2,1-4H3,(H,26,31)(H,27,30). The third-order valence-electron chi connectivity index (χ3n) is 5.91. The molecule has 0 radical (unpaired) electrons. The minimum atomic E-state index is -0.595. The van der Waals surface area contributed by atoms with Gasteiger partial charge in [-0.2, -0.15) is 0 Å². The van der Waals surface area contributed by atoms with Crippen molar-refractivity contribution in [2.24, 2.45) is 5.92 Å². The molecule has 0 spiro atoms. The molecule has 0 bridgehead atoms. The van der Waals surface area contributed by atoms with Crippen LogP contribution in [-0.2, 0) is 11.3 Å². The van der Waals surface area contributed by atoms with Crippen LogP contribution in [0.5, 0.6) is 0 Å². The molecule has 2 aromatic rings. The molecule has 1 aliphatic rings. The Morgan fingerprint density at radius 3 is 2.29 bits per heavy atom. The Morgan fingerprint density at radius 1 is 0.968 bits per heavy atom. The summed E-state index contributed by atoms with van der Waals surface area (Å²) in [5.74, 6) is -0.407. The van der Waals surface area contributed by atoms with Gasteiger partial charge in [0.15, 0.2) is 0 Å². The summed E-state index contributed by atoms with van der Waals surface area (Å²) < 4.78 is 0. The molecule has 3 rings (SSSR count). The van der Waals surface area contributed by atoms with Gasteiger partial charge in [-0.1, -0.05) is 50.2 Å². The van der Waals surface area contributed by atoms with Crippen LogP contribution in [0.2, 0.25) is 0 Å². The molecule has 31 heavy (non-hydrogen) atoms. The van der Waals surface area contributed by atoms with Gasteiger partial charge in [0.05, 0.1) is 0 Å². The van der Waals surface area contributed by atoms with Crippen LogP contribution in [0.15, 0.2) is 48.5 Å². The highest BCUT2D eigenvalue weighted by Gasteiger charge is 2.25. The molecule has 6 nitrogen and oxygen atoms in total. The van der Waals surface area contributed by atoms with Gasteiger partial charge in [-0.3, -0.25) is 9.59 Å². The van der Waals surface area contributed by atoms with E-state index in [0.29, 0.717) is 12.1 Å². The van der Waals surface area contributed by atoms with Gasteiger partial charge in [0, 0.05) is 44.0 Å². The molecule has 2 aromatic carbocycles. The Bertz CT molecular complexity index is 904. The number of hydrogen-bond donors (Lipinski definition) is 2. The summed E-state index contributed by atoms with van der Waals surface area (Å²) in [5.41, 5.74) is 3.75. The molecule has 1 aliphatic heterocycles. The van der Waals surface area contributed by atoms with Crippen LogP contribution in [0.25, 0.3) is 0 Å². The topological polar surface area (TPSA) is 64.7 Å². The van der Waals surface area contributed by atoms with Crippen molar-refractivity contribution in [3.8, 4) is 0 Å². The Balaban J connectivity index is 1.66. The highest BCUT2D eigenvalue weighted by atomic mass is 16.2. The fraction of sp³-hybridized carbons (Fsp3) is 0.440. The van der Waals surface area contributed by atoms with Crippen molar-refractivity contribution < 1.29 is 9.59 Å². The first kappa shape index (κ1) is 22.8. The number of amides is 2. The Hall–Kier alpha value is -2.86. The van der Waals surface area contributed by atoms with Gasteiger partial charge in [-0.05, 0) is 43.1 Å². The molecular weight excluding hydrogens is 388 g/mol. The lowest BCUT2D eigenvalue weighted by molar-refractivity contribution is -0.124. The highest BCUT2D eigenvalue weighted by Crippen LogP contribution is 2.21. The van der Waals surface area contributed by atoms with E-state index in [1.807, 2.05) is 51.1 Å². The lowest BCUT2D eigenvalue weighted by Gasteiger charge is -2.35. The third kappa shape index (κ3) is 5.85. The van der Waals surface area contributed by atoms with Crippen molar-refractivity contribution in [2.45, 2.75) is 33.4 Å². The second-order valence-corrected chi connectivity index (χ2v) is 8.65. The quantitative estimate of drug-likeness (QED) is 0.720. The number of aryl methyl sites for hydroxylation is 1. The van der Waals surface area contributed by atoms with Crippen LogP contribution in [-0.4, -0.2) is 56.0 Å². The van der Waals surface area contributed by atoms with E-state index in [9.17, 15) is 9.59 Å². The van der Waals surface area contributed by atoms with Crippen molar-refractivity contribution in [3.63, 3.8) is 0 Å². The number of benzene rings is 2. The van der Waals surface area contributed by atoms with Crippen molar-refractivity contribution in [1.29, 1.82) is 0 Å². The molecule has 2 N–H and O–H groups in total. The minimum absolute atomic E-state index is 0.0270. The second-order valence-electron chi connectivity index (χ2n) is 8.65. The van der Waals surface area contributed by atoms with E-state index in [4.69, 9.17) is 0 Å². The molecule has 1 heterocycles. The van der Waals surface area contributed by atoms with Crippen molar-refractivity contribution in [1.82, 2.24) is 15.5 Å². The zero-order valence-electron chi connectivity index (χ0n) is 19.0. The average molecular weight is 423 g/mol. The summed E-state index contributed by atoms with van der Waals surface area (Å²) in [7, 11) is 2.14. The average Bonchev–Trinajstić information content (AvgIpc) is 2.76. The summed E-state index contributed by atoms with van der Waals surface area (Å²) in [4.78, 5) is 30.4. The maximum atomic E-state index is 13.0. The monoisotopic (exact) mass is 422 g/mol. The van der Waals surface area contributed by atoms with E-state index in [0.717, 1.165) is 37.3 Å². The van der Waals surface area contributed by atoms with E-state index >= 15 is 0 Å². The maximum absolute atomic E-state index is 13.0. The molecular formula is C25H34N4O2. The number of carbonyl (C=O) groups is 2. The molecule has 6 heteroatoms. The molecule has 0 aromatic heterocycles. The Morgan fingerprint density at radius 2 is 1.61 bits per heavy atom. The largest absolute Gasteiger partial charge is 0.369 e. The van der Waals surface area contributed by atoms with Crippen molar-refractivity contribution in [2.75, 3.05) is 38.1 Å². The van der Waals surface area contributed by atoms with E-state index < -0.39 is 6.04 Å². The molecule has 0 aliphatic carbocycles. The summed E-state index contributed by atoms with van der Waals surface area (Å²) >= 11 is 0. The van der Waals surface area contributed by atoms with Gasteiger partial charge >= 0.3 is 0 Å². The number of nitrogens with zero attached hydrogens (tertiary/aromatic N) is 2. The predicted octanol–water partition coefficient (Wildman–Crippen LogP) is 2.82. The van der Waals surface area contributed by atoms with E-state index in [2.05, 4.69) is 39.6 Å². The number of likely N-dealkylation sites (N-methyl/N-ethyl adjacent to an activating group) is 1. The SMILES string of the molecule is Cc1ccccc1C(=O)NC(C(=O)NCc1ccccc1N1CCN(C)CC1)C(C)C. The highest BCUT2D eigenvalue weighted by molar-refractivity contribution is 5.98. The van der Waals surface area contributed by atoms with Crippen LogP contribution in [0.1, 0.15) is 35.3 Å². The minimum Gasteiger partial charge on any atom is -0.369 e. The van der Waals surface area contributed by atoms with E-state index in [1.165, 1.54) is 5.69 Å². The summed E-state index contributed by atoms with van der Waals surface area (Å²) in [6.07, 6.45) is 0. The fourth-order valence-electron chi connectivity index (χ4n) is 3.89. The van der Waals surface area contributed by atoms with E-state index in [1.54, 1.807) is 6.07 Å². The van der Waals surface area contributed by atoms with Gasteiger partial charge < -0.3 is 20.4 Å². The summed E-state index contributed by atoms with van der Waals surface area (Å²) in [5, 5.41) is 5.97. The molecule has 2 amide bonds. The summed E-state index contributed by atoms with van der Waals surface area (Å²) in [6.45, 7) is 10.2. The lowest BCUT2D eigenvalue weighted by atomic mass is 10.0. The first-order valence-electron chi connectivity index (χ1n) is 11.0. The zero-order valence-corrected chi connectivity index (χ0v) is 19.0. The first-order chi connectivity index (χ1) is 14.9. The number of nitrogens with one attached hydrogen (secondary N) is 2. The predicted molar refractivity (Wildman–Crippen MR) is 125 cm³/mol. The first-order valence-corrected chi connectivity index (χ1v) is 11.0. The number of para-hydroxylation sites is 1.